The lowest BCUT2D eigenvalue weighted by Crippen LogP contribution is -1.73. The van der Waals surface area contributed by atoms with Crippen molar-refractivity contribution < 1.29 is 19.4 Å². The van der Waals surface area contributed by atoms with Gasteiger partial charge in [0.1, 0.15) is 0 Å². The van der Waals surface area contributed by atoms with Crippen LogP contribution in [0.2, 0.25) is 0 Å². The van der Waals surface area contributed by atoms with E-state index < -0.39 is 7.60 Å². The van der Waals surface area contributed by atoms with Crippen molar-refractivity contribution in [1.29, 1.82) is 0 Å². The van der Waals surface area contributed by atoms with E-state index in [9.17, 15) is 4.57 Å². The highest BCUT2D eigenvalue weighted by molar-refractivity contribution is 7.53. The molecule has 37 valence electrons. The molecule has 0 amide bonds. The molecule has 0 aliphatic rings. The van der Waals surface area contributed by atoms with Crippen molar-refractivity contribution >= 4 is 7.60 Å². The maximum Gasteiger partial charge on any atom is 0.355 e. The zero-order chi connectivity index (χ0) is 5.21. The predicted molar refractivity (Wildman–Crippen MR) is 18.9 cm³/mol. The summed E-state index contributed by atoms with van der Waals surface area (Å²) in [4.78, 5) is 7.80. The third kappa shape index (κ3) is 4.11. The molecule has 4 nitrogen and oxygen atoms in total. The number of rotatable bonds is 1. The molecule has 2 N–H and O–H groups in total. The molecule has 0 aliphatic carbocycles. The second-order valence-corrected chi connectivity index (χ2v) is 2.16. The summed E-state index contributed by atoms with van der Waals surface area (Å²) in [5.74, 6) is 0. The van der Waals surface area contributed by atoms with Crippen molar-refractivity contribution in [1.82, 2.24) is 0 Å². The largest absolute Gasteiger partial charge is 0.355 e. The predicted octanol–water partition coefficient (Wildman–Crippen LogP) is 0.453. The van der Waals surface area contributed by atoms with Crippen molar-refractivity contribution in [3.05, 3.63) is 6.66 Å². The van der Waals surface area contributed by atoms with Gasteiger partial charge in [-0.3, -0.25) is 4.57 Å². The van der Waals surface area contributed by atoms with Crippen molar-refractivity contribution in [3.8, 4) is 0 Å². The standard InChI is InChI=1S/CH4O4P/c1-6(3,4)5-2/h2H,1H2,(H,3,4). The zero-order valence-electron chi connectivity index (χ0n) is 2.87. The van der Waals surface area contributed by atoms with Crippen molar-refractivity contribution in [2.75, 3.05) is 0 Å². The first kappa shape index (κ1) is 6.11. The van der Waals surface area contributed by atoms with Gasteiger partial charge in [0.05, 0.1) is 6.66 Å². The normalized spacial score (nSPS) is 19.8. The minimum atomic E-state index is -3.84. The Morgan fingerprint density at radius 3 is 2.00 bits per heavy atom. The van der Waals surface area contributed by atoms with Gasteiger partial charge in [0.2, 0.25) is 0 Å². The molecule has 0 heterocycles. The van der Waals surface area contributed by atoms with Gasteiger partial charge >= 0.3 is 7.60 Å². The molecule has 0 aromatic rings. The van der Waals surface area contributed by atoms with Crippen LogP contribution in [-0.4, -0.2) is 10.2 Å². The average Bonchev–Trinajstić information content (AvgIpc) is 1.35. The first-order valence-corrected chi connectivity index (χ1v) is 2.83. The van der Waals surface area contributed by atoms with Crippen LogP contribution >= 0.6 is 7.60 Å². The molecule has 1 radical (unpaired) electrons. The molecular weight excluding hydrogens is 107 g/mol. The van der Waals surface area contributed by atoms with E-state index in [1.807, 2.05) is 0 Å². The molecule has 0 saturated carbocycles. The summed E-state index contributed by atoms with van der Waals surface area (Å²) in [6.45, 7) is 2.53. The molecule has 0 aliphatic heterocycles. The maximum absolute atomic E-state index is 9.56. The van der Waals surface area contributed by atoms with Crippen LogP contribution in [-0.2, 0) is 9.24 Å². The molecule has 0 spiro atoms. The summed E-state index contributed by atoms with van der Waals surface area (Å²) >= 11 is 0. The van der Waals surface area contributed by atoms with Crippen molar-refractivity contribution in [3.63, 3.8) is 0 Å². The summed E-state index contributed by atoms with van der Waals surface area (Å²) in [6, 6.07) is 0. The fraction of sp³-hybridized carbons (Fsp3) is 0. The summed E-state index contributed by atoms with van der Waals surface area (Å²) in [5.41, 5.74) is 0. The minimum Gasteiger partial charge on any atom is -0.323 e. The Balaban J connectivity index is 3.48. The monoisotopic (exact) mass is 111 g/mol. The van der Waals surface area contributed by atoms with Gasteiger partial charge < -0.3 is 4.89 Å². The highest BCUT2D eigenvalue weighted by atomic mass is 31.2. The fourth-order valence-electron chi connectivity index (χ4n) is 0. The lowest BCUT2D eigenvalue weighted by molar-refractivity contribution is -0.143. The lowest BCUT2D eigenvalue weighted by atomic mass is 12.0. The van der Waals surface area contributed by atoms with Gasteiger partial charge in [0.15, 0.2) is 0 Å². The van der Waals surface area contributed by atoms with Gasteiger partial charge in [-0.25, -0.2) is 5.26 Å². The molecule has 0 aromatic heterocycles. The molecule has 6 heavy (non-hydrogen) atoms. The molecule has 0 bridgehead atoms. The second kappa shape index (κ2) is 1.71. The van der Waals surface area contributed by atoms with Crippen LogP contribution in [0.1, 0.15) is 0 Å². The van der Waals surface area contributed by atoms with E-state index in [-0.39, 0.29) is 0 Å². The van der Waals surface area contributed by atoms with Crippen LogP contribution in [0.5, 0.6) is 0 Å². The molecule has 0 aromatic carbocycles. The first-order chi connectivity index (χ1) is 2.56. The molecule has 0 fully saturated rings. The van der Waals surface area contributed by atoms with Crippen LogP contribution in [0.15, 0.2) is 0 Å². The van der Waals surface area contributed by atoms with Crippen LogP contribution in [0, 0.1) is 6.66 Å². The van der Waals surface area contributed by atoms with E-state index in [1.165, 1.54) is 0 Å². The molecule has 5 heteroatoms. The quantitative estimate of drug-likeness (QED) is 0.293. The van der Waals surface area contributed by atoms with Gasteiger partial charge in [0.25, 0.3) is 0 Å². The topological polar surface area (TPSA) is 66.8 Å². The molecule has 1 atom stereocenters. The first-order valence-electron chi connectivity index (χ1n) is 1.06. The average molecular weight is 111 g/mol. The Morgan fingerprint density at radius 1 is 1.83 bits per heavy atom. The Hall–Kier alpha value is 0.110. The van der Waals surface area contributed by atoms with E-state index >= 15 is 0 Å². The number of hydrogen-bond donors (Lipinski definition) is 2. The van der Waals surface area contributed by atoms with Gasteiger partial charge in [-0.05, 0) is 0 Å². The minimum absolute atomic E-state index is 2.53. The molecule has 0 rings (SSSR count). The van der Waals surface area contributed by atoms with E-state index in [4.69, 9.17) is 10.2 Å². The van der Waals surface area contributed by atoms with Crippen LogP contribution < -0.4 is 0 Å². The fourth-order valence-corrected chi connectivity index (χ4v) is 0. The summed E-state index contributed by atoms with van der Waals surface area (Å²) < 4.78 is 12.5. The van der Waals surface area contributed by atoms with Gasteiger partial charge in [-0.1, -0.05) is 0 Å². The van der Waals surface area contributed by atoms with Crippen molar-refractivity contribution in [2.45, 2.75) is 0 Å². The third-order valence-corrected chi connectivity index (χ3v) is 0.383. The molecule has 1 unspecified atom stereocenters. The van der Waals surface area contributed by atoms with E-state index in [1.54, 1.807) is 0 Å². The second-order valence-electron chi connectivity index (χ2n) is 0.719. The van der Waals surface area contributed by atoms with E-state index in [0.717, 1.165) is 0 Å². The van der Waals surface area contributed by atoms with E-state index in [0.29, 0.717) is 0 Å². The highest BCUT2D eigenvalue weighted by Gasteiger charge is 2.06. The summed E-state index contributed by atoms with van der Waals surface area (Å²) in [5, 5.41) is 7.33. The highest BCUT2D eigenvalue weighted by Crippen LogP contribution is 2.37. The zero-order valence-corrected chi connectivity index (χ0v) is 3.76. The van der Waals surface area contributed by atoms with Crippen LogP contribution in [0.25, 0.3) is 0 Å². The van der Waals surface area contributed by atoms with Gasteiger partial charge in [0, 0.05) is 0 Å². The van der Waals surface area contributed by atoms with Crippen LogP contribution in [0.4, 0.5) is 0 Å². The van der Waals surface area contributed by atoms with E-state index in [2.05, 4.69) is 11.3 Å². The Kier molecular flexibility index (Phi) is 1.74. The van der Waals surface area contributed by atoms with Crippen LogP contribution in [0.3, 0.4) is 0 Å². The SMILES string of the molecule is [CH2]P(=O)(O)OO. The summed E-state index contributed by atoms with van der Waals surface area (Å²) in [6.07, 6.45) is 0. The summed E-state index contributed by atoms with van der Waals surface area (Å²) in [7, 11) is -3.84. The van der Waals surface area contributed by atoms with Gasteiger partial charge in [-0.15, -0.1) is 0 Å². The van der Waals surface area contributed by atoms with Gasteiger partial charge in [-0.2, -0.15) is 4.67 Å². The smallest absolute Gasteiger partial charge is 0.323 e. The third-order valence-electron chi connectivity index (χ3n) is 0.128. The Morgan fingerprint density at radius 2 is 2.00 bits per heavy atom. The molecular formula is CH4O4P. The van der Waals surface area contributed by atoms with Crippen molar-refractivity contribution in [2.24, 2.45) is 0 Å². The maximum atomic E-state index is 9.56. The Bertz CT molecular complexity index is 71.6. The lowest BCUT2D eigenvalue weighted by Gasteiger charge is -1.92. The molecule has 0 saturated heterocycles. The Labute approximate surface area is 34.8 Å². The number of hydrogen-bond acceptors (Lipinski definition) is 3.